The van der Waals surface area contributed by atoms with E-state index in [9.17, 15) is 9.59 Å². The van der Waals surface area contributed by atoms with E-state index < -0.39 is 0 Å². The molecule has 0 aliphatic rings. The van der Waals surface area contributed by atoms with Crippen LogP contribution in [0.2, 0.25) is 5.02 Å². The van der Waals surface area contributed by atoms with Crippen molar-refractivity contribution in [1.29, 1.82) is 0 Å². The third-order valence-corrected chi connectivity index (χ3v) is 4.85. The Morgan fingerprint density at radius 2 is 1.75 bits per heavy atom. The summed E-state index contributed by atoms with van der Waals surface area (Å²) < 4.78 is 1.93. The zero-order valence-electron chi connectivity index (χ0n) is 16.0. The zero-order chi connectivity index (χ0) is 20.1. The predicted octanol–water partition coefficient (Wildman–Crippen LogP) is 5.50. The van der Waals surface area contributed by atoms with Gasteiger partial charge in [0, 0.05) is 52.8 Å². The molecule has 1 N–H and O–H groups in total. The number of nitrogens with one attached hydrogen (secondary N) is 1. The van der Waals surface area contributed by atoms with Crippen molar-refractivity contribution < 1.29 is 9.59 Å². The van der Waals surface area contributed by atoms with Gasteiger partial charge in [-0.15, -0.1) is 0 Å². The molecular formula is C23H23ClN2O2. The maximum Gasteiger partial charge on any atom is 0.194 e. The molecular weight excluding hydrogens is 372 g/mol. The summed E-state index contributed by atoms with van der Waals surface area (Å²) in [6, 6.07) is 16.4. The Bertz CT molecular complexity index is 990. The van der Waals surface area contributed by atoms with E-state index in [2.05, 4.69) is 5.32 Å². The Morgan fingerprint density at radius 3 is 2.43 bits per heavy atom. The van der Waals surface area contributed by atoms with Crippen molar-refractivity contribution >= 4 is 28.9 Å². The van der Waals surface area contributed by atoms with Crippen LogP contribution in [0.1, 0.15) is 51.7 Å². The standard InChI is InChI=1S/C23H23ClN2O2/c1-3-5-22(27)16-8-10-20(11-9-16)25-14-21-13-18(15-26(21)2)23(28)17-6-4-7-19(24)12-17/h4,6-13,15,25H,3,5,14H2,1-2H3. The maximum absolute atomic E-state index is 12.7. The number of nitrogens with zero attached hydrogens (tertiary/aromatic N) is 1. The van der Waals surface area contributed by atoms with Crippen molar-refractivity contribution in [3.63, 3.8) is 0 Å². The summed E-state index contributed by atoms with van der Waals surface area (Å²) in [4.78, 5) is 24.6. The Balaban J connectivity index is 1.67. The van der Waals surface area contributed by atoms with Crippen LogP contribution in [-0.2, 0) is 13.6 Å². The molecule has 3 aromatic rings. The molecule has 1 aromatic heterocycles. The van der Waals surface area contributed by atoms with Gasteiger partial charge in [-0.3, -0.25) is 9.59 Å². The van der Waals surface area contributed by atoms with Crippen LogP contribution in [0, 0.1) is 0 Å². The minimum atomic E-state index is -0.0526. The number of hydrogen-bond acceptors (Lipinski definition) is 3. The van der Waals surface area contributed by atoms with Crippen LogP contribution in [0.3, 0.4) is 0 Å². The first-order chi connectivity index (χ1) is 13.5. The van der Waals surface area contributed by atoms with Crippen LogP contribution < -0.4 is 5.32 Å². The molecule has 0 radical (unpaired) electrons. The Hall–Kier alpha value is -2.85. The highest BCUT2D eigenvalue weighted by Crippen LogP contribution is 2.18. The monoisotopic (exact) mass is 394 g/mol. The van der Waals surface area contributed by atoms with Crippen molar-refractivity contribution in [2.24, 2.45) is 7.05 Å². The van der Waals surface area contributed by atoms with E-state index in [1.165, 1.54) is 0 Å². The Morgan fingerprint density at radius 1 is 1.00 bits per heavy atom. The maximum atomic E-state index is 12.7. The molecule has 0 amide bonds. The highest BCUT2D eigenvalue weighted by Gasteiger charge is 2.13. The first-order valence-electron chi connectivity index (χ1n) is 9.30. The highest BCUT2D eigenvalue weighted by molar-refractivity contribution is 6.31. The number of rotatable bonds is 8. The van der Waals surface area contributed by atoms with Crippen LogP contribution in [0.25, 0.3) is 0 Å². The average molecular weight is 395 g/mol. The molecule has 0 saturated carbocycles. The van der Waals surface area contributed by atoms with Crippen molar-refractivity contribution in [2.75, 3.05) is 5.32 Å². The second-order valence-corrected chi connectivity index (χ2v) is 7.21. The lowest BCUT2D eigenvalue weighted by Crippen LogP contribution is -2.04. The summed E-state index contributed by atoms with van der Waals surface area (Å²) in [5.74, 6) is 0.115. The summed E-state index contributed by atoms with van der Waals surface area (Å²) in [6.07, 6.45) is 3.24. The number of carbonyl (C=O) groups is 2. The van der Waals surface area contributed by atoms with E-state index in [4.69, 9.17) is 11.6 Å². The molecule has 0 bridgehead atoms. The number of benzene rings is 2. The van der Waals surface area contributed by atoms with E-state index in [1.54, 1.807) is 24.3 Å². The van der Waals surface area contributed by atoms with E-state index in [-0.39, 0.29) is 11.6 Å². The van der Waals surface area contributed by atoms with Crippen LogP contribution in [0.5, 0.6) is 0 Å². The molecule has 28 heavy (non-hydrogen) atoms. The third kappa shape index (κ3) is 4.70. The largest absolute Gasteiger partial charge is 0.379 e. The molecule has 2 aromatic carbocycles. The van der Waals surface area contributed by atoms with Gasteiger partial charge in [0.1, 0.15) is 0 Å². The lowest BCUT2D eigenvalue weighted by atomic mass is 10.1. The highest BCUT2D eigenvalue weighted by atomic mass is 35.5. The molecule has 0 unspecified atom stereocenters. The molecule has 0 fully saturated rings. The number of hydrogen-bond donors (Lipinski definition) is 1. The van der Waals surface area contributed by atoms with Gasteiger partial charge >= 0.3 is 0 Å². The molecule has 4 nitrogen and oxygen atoms in total. The Labute approximate surface area is 170 Å². The molecule has 0 spiro atoms. The normalized spacial score (nSPS) is 10.7. The molecule has 5 heteroatoms. The van der Waals surface area contributed by atoms with Crippen molar-refractivity contribution in [3.8, 4) is 0 Å². The molecule has 0 aliphatic carbocycles. The van der Waals surface area contributed by atoms with Gasteiger partial charge in [0.2, 0.25) is 0 Å². The molecule has 3 rings (SSSR count). The van der Waals surface area contributed by atoms with Gasteiger partial charge < -0.3 is 9.88 Å². The number of Topliss-reactive ketones (excluding diaryl/α,β-unsaturated/α-hetero) is 1. The van der Waals surface area contributed by atoms with Crippen LogP contribution in [0.15, 0.2) is 60.8 Å². The smallest absolute Gasteiger partial charge is 0.194 e. The van der Waals surface area contributed by atoms with Crippen LogP contribution >= 0.6 is 11.6 Å². The quantitative estimate of drug-likeness (QED) is 0.513. The zero-order valence-corrected chi connectivity index (χ0v) is 16.8. The number of halogens is 1. The second kappa shape index (κ2) is 8.89. The number of ketones is 2. The summed E-state index contributed by atoms with van der Waals surface area (Å²) in [6.45, 7) is 2.57. The number of aromatic nitrogens is 1. The van der Waals surface area contributed by atoms with Gasteiger partial charge in [0.25, 0.3) is 0 Å². The van der Waals surface area contributed by atoms with Gasteiger partial charge in [-0.05, 0) is 48.9 Å². The molecule has 0 atom stereocenters. The van der Waals surface area contributed by atoms with E-state index in [1.807, 2.05) is 55.1 Å². The molecule has 0 saturated heterocycles. The van der Waals surface area contributed by atoms with Gasteiger partial charge in [0.15, 0.2) is 11.6 Å². The van der Waals surface area contributed by atoms with Crippen molar-refractivity contribution in [3.05, 3.63) is 88.2 Å². The van der Waals surface area contributed by atoms with Gasteiger partial charge in [-0.25, -0.2) is 0 Å². The van der Waals surface area contributed by atoms with Crippen molar-refractivity contribution in [2.45, 2.75) is 26.3 Å². The fraction of sp³-hybridized carbons (Fsp3) is 0.217. The first kappa shape index (κ1) is 19.9. The van der Waals surface area contributed by atoms with Crippen LogP contribution in [0.4, 0.5) is 5.69 Å². The topological polar surface area (TPSA) is 51.1 Å². The lowest BCUT2D eigenvalue weighted by molar-refractivity contribution is 0.0980. The fourth-order valence-corrected chi connectivity index (χ4v) is 3.23. The SMILES string of the molecule is CCCC(=O)c1ccc(NCc2cc(C(=O)c3cccc(Cl)c3)cn2C)cc1. The lowest BCUT2D eigenvalue weighted by Gasteiger charge is -2.08. The van der Waals surface area contributed by atoms with Gasteiger partial charge in [-0.2, -0.15) is 0 Å². The summed E-state index contributed by atoms with van der Waals surface area (Å²) in [5, 5.41) is 3.88. The minimum absolute atomic E-state index is 0.0526. The number of aryl methyl sites for hydroxylation is 1. The average Bonchev–Trinajstić information content (AvgIpc) is 3.07. The van der Waals surface area contributed by atoms with Gasteiger partial charge in [-0.1, -0.05) is 30.7 Å². The molecule has 144 valence electrons. The number of carbonyl (C=O) groups excluding carboxylic acids is 2. The fourth-order valence-electron chi connectivity index (χ4n) is 3.04. The second-order valence-electron chi connectivity index (χ2n) is 6.77. The van der Waals surface area contributed by atoms with E-state index >= 15 is 0 Å². The predicted molar refractivity (Wildman–Crippen MR) is 113 cm³/mol. The first-order valence-corrected chi connectivity index (χ1v) is 9.68. The van der Waals surface area contributed by atoms with E-state index in [0.717, 1.165) is 23.4 Å². The number of anilines is 1. The minimum Gasteiger partial charge on any atom is -0.379 e. The Kier molecular flexibility index (Phi) is 6.32. The molecule has 0 aliphatic heterocycles. The third-order valence-electron chi connectivity index (χ3n) is 4.61. The van der Waals surface area contributed by atoms with Gasteiger partial charge in [0.05, 0.1) is 6.54 Å². The summed E-state index contributed by atoms with van der Waals surface area (Å²) >= 11 is 5.99. The van der Waals surface area contributed by atoms with E-state index in [0.29, 0.717) is 29.1 Å². The van der Waals surface area contributed by atoms with Crippen LogP contribution in [-0.4, -0.2) is 16.1 Å². The molecule has 1 heterocycles. The van der Waals surface area contributed by atoms with Crippen molar-refractivity contribution in [1.82, 2.24) is 4.57 Å². The summed E-state index contributed by atoms with van der Waals surface area (Å²) in [7, 11) is 1.91. The summed E-state index contributed by atoms with van der Waals surface area (Å²) in [5.41, 5.74) is 3.85.